The number of aliphatic hydroxyl groups is 1. The highest BCUT2D eigenvalue weighted by Gasteiger charge is 2.14. The minimum Gasteiger partial charge on any atom is -0.491 e. The first kappa shape index (κ1) is 22.9. The fraction of sp³-hybridized carbons (Fsp3) is 0.217. The number of ketones is 1. The fourth-order valence-electron chi connectivity index (χ4n) is 3.20. The van der Waals surface area contributed by atoms with E-state index in [4.69, 9.17) is 21.4 Å². The Morgan fingerprint density at radius 3 is 2.82 bits per heavy atom. The van der Waals surface area contributed by atoms with Crippen molar-refractivity contribution in [3.63, 3.8) is 0 Å². The molecule has 10 heteroatoms. The number of carbonyl (C=O) groups excluding carboxylic acids is 1. The summed E-state index contributed by atoms with van der Waals surface area (Å²) in [7, 11) is 0. The third kappa shape index (κ3) is 5.57. The van der Waals surface area contributed by atoms with Crippen LogP contribution in [0.4, 0.5) is 0 Å². The smallest absolute Gasteiger partial charge is 0.255 e. The van der Waals surface area contributed by atoms with Crippen molar-refractivity contribution in [1.82, 2.24) is 19.6 Å². The Kier molecular flexibility index (Phi) is 7.33. The van der Waals surface area contributed by atoms with Gasteiger partial charge in [-0.15, -0.1) is 16.4 Å². The molecule has 0 saturated heterocycles. The molecular formula is C23H21ClN4O4S. The van der Waals surface area contributed by atoms with Crippen LogP contribution in [0, 0.1) is 0 Å². The van der Waals surface area contributed by atoms with Crippen LogP contribution in [-0.2, 0) is 6.42 Å². The van der Waals surface area contributed by atoms with Crippen LogP contribution in [0.25, 0.3) is 11.4 Å². The van der Waals surface area contributed by atoms with Crippen molar-refractivity contribution in [3.8, 4) is 17.1 Å². The zero-order chi connectivity index (χ0) is 23.2. The number of pyridine rings is 1. The minimum atomic E-state index is -0.161. The van der Waals surface area contributed by atoms with Gasteiger partial charge in [0.25, 0.3) is 5.56 Å². The molecule has 0 amide bonds. The molecular weight excluding hydrogens is 464 g/mol. The first-order chi connectivity index (χ1) is 16.0. The largest absolute Gasteiger partial charge is 0.491 e. The zero-order valence-corrected chi connectivity index (χ0v) is 19.1. The molecule has 0 radical (unpaired) electrons. The van der Waals surface area contributed by atoms with Crippen LogP contribution >= 0.6 is 22.9 Å². The molecule has 3 aromatic heterocycles. The minimum absolute atomic E-state index is 0.00409. The lowest BCUT2D eigenvalue weighted by Crippen LogP contribution is -2.16. The molecule has 4 rings (SSSR count). The maximum Gasteiger partial charge on any atom is 0.255 e. The first-order valence-corrected chi connectivity index (χ1v) is 11.5. The number of halogens is 1. The van der Waals surface area contributed by atoms with E-state index in [1.165, 1.54) is 22.0 Å². The number of hydrogen-bond acceptors (Lipinski definition) is 7. The maximum atomic E-state index is 12.3. The highest BCUT2D eigenvalue weighted by molar-refractivity contribution is 7.18. The number of hydrogen-bond donors (Lipinski definition) is 1. The number of benzene rings is 1. The quantitative estimate of drug-likeness (QED) is 0.272. The Morgan fingerprint density at radius 1 is 1.18 bits per heavy atom. The molecule has 0 spiro atoms. The summed E-state index contributed by atoms with van der Waals surface area (Å²) >= 11 is 7.17. The Bertz CT molecular complexity index is 1310. The molecule has 1 aromatic carbocycles. The van der Waals surface area contributed by atoms with E-state index in [-0.39, 0.29) is 17.9 Å². The van der Waals surface area contributed by atoms with Gasteiger partial charge in [0.2, 0.25) is 0 Å². The van der Waals surface area contributed by atoms with Gasteiger partial charge in [-0.05, 0) is 30.3 Å². The number of rotatable bonds is 10. The number of aliphatic hydroxyl groups excluding tert-OH is 1. The molecule has 0 bridgehead atoms. The lowest BCUT2D eigenvalue weighted by atomic mass is 10.1. The fourth-order valence-corrected chi connectivity index (χ4v) is 4.22. The van der Waals surface area contributed by atoms with Crippen LogP contribution in [0.3, 0.4) is 0 Å². The van der Waals surface area contributed by atoms with Crippen molar-refractivity contribution in [3.05, 3.63) is 86.2 Å². The van der Waals surface area contributed by atoms with Gasteiger partial charge in [-0.25, -0.2) is 4.68 Å². The second kappa shape index (κ2) is 10.6. The summed E-state index contributed by atoms with van der Waals surface area (Å²) in [6.45, 7) is 0.306. The van der Waals surface area contributed by atoms with Crippen LogP contribution in [0.5, 0.6) is 5.75 Å². The number of nitrogens with zero attached hydrogens (tertiary/aromatic N) is 4. The molecule has 0 aliphatic rings. The first-order valence-electron chi connectivity index (χ1n) is 10.3. The van der Waals surface area contributed by atoms with Gasteiger partial charge in [0.1, 0.15) is 11.4 Å². The van der Waals surface area contributed by atoms with E-state index in [1.807, 2.05) is 0 Å². The monoisotopic (exact) mass is 484 g/mol. The molecule has 8 nitrogen and oxygen atoms in total. The second-order valence-corrected chi connectivity index (χ2v) is 8.88. The number of aryl methyl sites for hydroxylation is 1. The summed E-state index contributed by atoms with van der Waals surface area (Å²) in [4.78, 5) is 25.2. The predicted octanol–water partition coefficient (Wildman–Crippen LogP) is 3.71. The van der Waals surface area contributed by atoms with Crippen molar-refractivity contribution >= 4 is 28.7 Å². The molecule has 33 heavy (non-hydrogen) atoms. The third-order valence-electron chi connectivity index (χ3n) is 4.85. The van der Waals surface area contributed by atoms with Crippen molar-refractivity contribution in [2.24, 2.45) is 0 Å². The Labute approximate surface area is 198 Å². The van der Waals surface area contributed by atoms with E-state index in [2.05, 4.69) is 10.3 Å². The number of carbonyl (C=O) groups is 1. The predicted molar refractivity (Wildman–Crippen MR) is 126 cm³/mol. The van der Waals surface area contributed by atoms with Crippen molar-refractivity contribution in [2.45, 2.75) is 19.3 Å². The molecule has 1 N–H and O–H groups in total. The SMILES string of the molecule is O=C(CCc1cn(-c2ccc(-n3ccccc3=O)cc2OCCCO)nn1)c1ccc(Cl)s1. The average Bonchev–Trinajstić information content (AvgIpc) is 3.47. The summed E-state index contributed by atoms with van der Waals surface area (Å²) in [6.07, 6.45) is 4.63. The summed E-state index contributed by atoms with van der Waals surface area (Å²) < 4.78 is 9.54. The van der Waals surface area contributed by atoms with Crippen molar-refractivity contribution < 1.29 is 14.6 Å². The van der Waals surface area contributed by atoms with Crippen LogP contribution in [0.1, 0.15) is 28.2 Å². The normalized spacial score (nSPS) is 11.0. The van der Waals surface area contributed by atoms with Crippen LogP contribution in [-0.4, -0.2) is 43.7 Å². The Hall–Kier alpha value is -3.27. The number of thiophene rings is 1. The van der Waals surface area contributed by atoms with E-state index in [9.17, 15) is 9.59 Å². The lowest BCUT2D eigenvalue weighted by molar-refractivity contribution is 0.0986. The van der Waals surface area contributed by atoms with Gasteiger partial charge < -0.3 is 9.84 Å². The molecule has 0 saturated carbocycles. The Morgan fingerprint density at radius 2 is 2.06 bits per heavy atom. The van der Waals surface area contributed by atoms with Crippen molar-refractivity contribution in [2.75, 3.05) is 13.2 Å². The van der Waals surface area contributed by atoms with E-state index in [1.54, 1.807) is 59.5 Å². The standard InChI is InChI=1S/C23H21ClN4O4S/c24-22-10-9-21(33-22)19(30)8-5-16-15-28(26-25-16)18-7-6-17(14-20(18)32-13-3-12-29)27-11-2-1-4-23(27)31/h1-2,4,6-7,9-11,14-15,29H,3,5,8,12-13H2. The van der Waals surface area contributed by atoms with E-state index in [0.717, 1.165) is 0 Å². The molecule has 0 fully saturated rings. The van der Waals surface area contributed by atoms with E-state index < -0.39 is 0 Å². The van der Waals surface area contributed by atoms with Gasteiger partial charge >= 0.3 is 0 Å². The molecule has 0 aliphatic carbocycles. The van der Waals surface area contributed by atoms with Gasteiger partial charge in [0.05, 0.1) is 33.4 Å². The highest BCUT2D eigenvalue weighted by Crippen LogP contribution is 2.26. The van der Waals surface area contributed by atoms with E-state index >= 15 is 0 Å². The average molecular weight is 485 g/mol. The molecule has 0 unspecified atom stereocenters. The topological polar surface area (TPSA) is 99.2 Å². The molecule has 3 heterocycles. The highest BCUT2D eigenvalue weighted by atomic mass is 35.5. The molecule has 4 aromatic rings. The third-order valence-corrected chi connectivity index (χ3v) is 6.12. The Balaban J connectivity index is 1.56. The number of aromatic nitrogens is 4. The summed E-state index contributed by atoms with van der Waals surface area (Å²) in [5.74, 6) is 0.504. The van der Waals surface area contributed by atoms with Crippen LogP contribution < -0.4 is 10.3 Å². The zero-order valence-electron chi connectivity index (χ0n) is 17.6. The van der Waals surface area contributed by atoms with E-state index in [0.29, 0.717) is 57.9 Å². The van der Waals surface area contributed by atoms with Gasteiger partial charge in [-0.1, -0.05) is 22.9 Å². The molecule has 0 atom stereocenters. The maximum absolute atomic E-state index is 12.3. The molecule has 170 valence electrons. The second-order valence-electron chi connectivity index (χ2n) is 7.17. The van der Waals surface area contributed by atoms with Gasteiger partial charge in [-0.2, -0.15) is 0 Å². The molecule has 0 aliphatic heterocycles. The summed E-state index contributed by atoms with van der Waals surface area (Å²) in [5.41, 5.74) is 1.78. The van der Waals surface area contributed by atoms with Crippen molar-refractivity contribution in [1.29, 1.82) is 0 Å². The number of Topliss-reactive ketones (excluding diaryl/α,β-unsaturated/α-hetero) is 1. The summed E-state index contributed by atoms with van der Waals surface area (Å²) in [6, 6.07) is 13.7. The van der Waals surface area contributed by atoms with Gasteiger partial charge in [0, 0.05) is 44.2 Å². The van der Waals surface area contributed by atoms with Gasteiger partial charge in [0.15, 0.2) is 5.78 Å². The number of ether oxygens (including phenoxy) is 1. The lowest BCUT2D eigenvalue weighted by Gasteiger charge is -2.13. The summed E-state index contributed by atoms with van der Waals surface area (Å²) in [5, 5.41) is 17.5. The van der Waals surface area contributed by atoms with Crippen LogP contribution in [0.15, 0.2) is 65.7 Å². The van der Waals surface area contributed by atoms with Gasteiger partial charge in [-0.3, -0.25) is 14.2 Å². The van der Waals surface area contributed by atoms with Crippen LogP contribution in [0.2, 0.25) is 4.34 Å².